The van der Waals surface area contributed by atoms with Gasteiger partial charge in [-0.2, -0.15) is 0 Å². The van der Waals surface area contributed by atoms with E-state index in [2.05, 4.69) is 65.0 Å². The summed E-state index contributed by atoms with van der Waals surface area (Å²) in [7, 11) is 0. The molecule has 1 saturated carbocycles. The second-order valence-electron chi connectivity index (χ2n) is 11.0. The Balaban J connectivity index is 1.65. The molecule has 2 aliphatic rings. The first kappa shape index (κ1) is 23.4. The number of benzene rings is 1. The van der Waals surface area contributed by atoms with Crippen LogP contribution >= 0.6 is 0 Å². The quantitative estimate of drug-likeness (QED) is 0.396. The molecule has 2 aliphatic carbocycles. The van der Waals surface area contributed by atoms with Crippen LogP contribution in [-0.4, -0.2) is 22.2 Å². The Labute approximate surface area is 198 Å². The monoisotopic (exact) mass is 444 g/mol. The van der Waals surface area contributed by atoms with E-state index in [1.807, 2.05) is 19.2 Å². The number of hydrogen-bond acceptors (Lipinski definition) is 3. The molecule has 0 aliphatic heterocycles. The minimum Gasteiger partial charge on any atom is -0.281 e. The van der Waals surface area contributed by atoms with Gasteiger partial charge in [0.1, 0.15) is 0 Å². The van der Waals surface area contributed by atoms with Crippen LogP contribution in [0, 0.1) is 6.92 Å². The van der Waals surface area contributed by atoms with E-state index in [1.165, 1.54) is 27.2 Å². The summed E-state index contributed by atoms with van der Waals surface area (Å²) in [5, 5.41) is 0. The standard InChI is InChI=1S/C29H36N2O2/c1-7-8-26(33)31(19-32)18-21-9-10-25(30-17-21)29(13-14-29)22-16-24-23(15-20(22)2)27(3,4)11-12-28(24,5)6/h9-12,15-17,19H,7-8,13-14,18H2,1-6H3. The van der Waals surface area contributed by atoms with Gasteiger partial charge in [0.05, 0.1) is 12.2 Å². The lowest BCUT2D eigenvalue weighted by atomic mass is 9.66. The number of allylic oxidation sites excluding steroid dienone is 2. The molecule has 33 heavy (non-hydrogen) atoms. The summed E-state index contributed by atoms with van der Waals surface area (Å²) in [6, 6.07) is 8.94. The number of amides is 2. The summed E-state index contributed by atoms with van der Waals surface area (Å²) in [4.78, 5) is 29.6. The largest absolute Gasteiger partial charge is 0.281 e. The van der Waals surface area contributed by atoms with Crippen molar-refractivity contribution >= 4 is 12.3 Å². The number of aromatic nitrogens is 1. The Kier molecular flexibility index (Phi) is 5.84. The van der Waals surface area contributed by atoms with Crippen molar-refractivity contribution in [3.63, 3.8) is 0 Å². The van der Waals surface area contributed by atoms with E-state index < -0.39 is 0 Å². The number of carbonyl (C=O) groups excluding carboxylic acids is 2. The van der Waals surface area contributed by atoms with Gasteiger partial charge in [0, 0.05) is 28.9 Å². The molecule has 1 heterocycles. The first-order valence-electron chi connectivity index (χ1n) is 12.1. The van der Waals surface area contributed by atoms with Gasteiger partial charge < -0.3 is 0 Å². The van der Waals surface area contributed by atoms with Crippen LogP contribution in [0.2, 0.25) is 0 Å². The zero-order chi connectivity index (χ0) is 24.0. The van der Waals surface area contributed by atoms with Crippen molar-refractivity contribution in [3.05, 3.63) is 76.1 Å². The van der Waals surface area contributed by atoms with Gasteiger partial charge in [0.25, 0.3) is 0 Å². The summed E-state index contributed by atoms with van der Waals surface area (Å²) in [6.07, 6.45) is 10.4. The zero-order valence-corrected chi connectivity index (χ0v) is 20.9. The molecule has 2 amide bonds. The molecular weight excluding hydrogens is 408 g/mol. The molecule has 0 spiro atoms. The number of carbonyl (C=O) groups is 2. The molecule has 0 bridgehead atoms. The molecule has 4 heteroatoms. The average molecular weight is 445 g/mol. The zero-order valence-electron chi connectivity index (χ0n) is 20.9. The highest BCUT2D eigenvalue weighted by Gasteiger charge is 2.49. The lowest BCUT2D eigenvalue weighted by Crippen LogP contribution is -2.30. The first-order valence-corrected chi connectivity index (χ1v) is 12.1. The normalized spacial score (nSPS) is 19.0. The van der Waals surface area contributed by atoms with Gasteiger partial charge in [-0.1, -0.05) is 65.0 Å². The molecule has 1 aromatic carbocycles. The first-order chi connectivity index (χ1) is 15.5. The fourth-order valence-electron chi connectivity index (χ4n) is 5.21. The molecule has 0 N–H and O–H groups in total. The van der Waals surface area contributed by atoms with Crippen LogP contribution < -0.4 is 0 Å². The van der Waals surface area contributed by atoms with Crippen molar-refractivity contribution in [1.29, 1.82) is 0 Å². The fraction of sp³-hybridized carbons (Fsp3) is 0.483. The third kappa shape index (κ3) is 4.16. The van der Waals surface area contributed by atoms with Crippen LogP contribution in [0.4, 0.5) is 0 Å². The van der Waals surface area contributed by atoms with Crippen molar-refractivity contribution in [1.82, 2.24) is 9.88 Å². The second-order valence-corrected chi connectivity index (χ2v) is 11.0. The van der Waals surface area contributed by atoms with E-state index >= 15 is 0 Å². The van der Waals surface area contributed by atoms with Crippen molar-refractivity contribution in [3.8, 4) is 0 Å². The summed E-state index contributed by atoms with van der Waals surface area (Å²) < 4.78 is 0. The average Bonchev–Trinajstić information content (AvgIpc) is 3.57. The second kappa shape index (κ2) is 8.23. The molecule has 4 rings (SSSR count). The van der Waals surface area contributed by atoms with Gasteiger partial charge in [0.15, 0.2) is 0 Å². The van der Waals surface area contributed by atoms with E-state index in [9.17, 15) is 9.59 Å². The SMILES string of the molecule is CCCC(=O)N(C=O)Cc1ccc(C2(c3cc4c(cc3C)C(C)(C)C=CC4(C)C)CC2)nc1. The van der Waals surface area contributed by atoms with E-state index in [0.717, 1.165) is 30.5 Å². The summed E-state index contributed by atoms with van der Waals surface area (Å²) >= 11 is 0. The number of hydrogen-bond donors (Lipinski definition) is 0. The molecule has 0 radical (unpaired) electrons. The maximum absolute atomic E-state index is 12.1. The van der Waals surface area contributed by atoms with Crippen molar-refractivity contribution in [2.45, 2.75) is 90.0 Å². The number of aryl methyl sites for hydroxylation is 1. The van der Waals surface area contributed by atoms with Crippen LogP contribution in [0.3, 0.4) is 0 Å². The minimum atomic E-state index is -0.139. The topological polar surface area (TPSA) is 50.3 Å². The van der Waals surface area contributed by atoms with Gasteiger partial charge in [-0.15, -0.1) is 0 Å². The van der Waals surface area contributed by atoms with Crippen molar-refractivity contribution < 1.29 is 9.59 Å². The number of imide groups is 1. The molecule has 174 valence electrons. The predicted molar refractivity (Wildman–Crippen MR) is 132 cm³/mol. The Morgan fingerprint density at radius 1 is 1.03 bits per heavy atom. The van der Waals surface area contributed by atoms with Gasteiger partial charge in [0.2, 0.25) is 12.3 Å². The Morgan fingerprint density at radius 3 is 2.18 bits per heavy atom. The Hall–Kier alpha value is -2.75. The molecule has 1 aromatic heterocycles. The van der Waals surface area contributed by atoms with E-state index in [0.29, 0.717) is 12.8 Å². The lowest BCUT2D eigenvalue weighted by molar-refractivity contribution is -0.138. The molecule has 0 atom stereocenters. The summed E-state index contributed by atoms with van der Waals surface area (Å²) in [5.41, 5.74) is 7.49. The molecule has 0 saturated heterocycles. The molecule has 0 unspecified atom stereocenters. The fourth-order valence-corrected chi connectivity index (χ4v) is 5.21. The van der Waals surface area contributed by atoms with Gasteiger partial charge in [-0.05, 0) is 60.1 Å². The van der Waals surface area contributed by atoms with E-state index in [-0.39, 0.29) is 28.7 Å². The highest BCUT2D eigenvalue weighted by atomic mass is 16.2. The third-order valence-electron chi connectivity index (χ3n) is 7.51. The molecular formula is C29H36N2O2. The van der Waals surface area contributed by atoms with Crippen LogP contribution in [0.15, 0.2) is 42.6 Å². The maximum Gasteiger partial charge on any atom is 0.229 e. The maximum atomic E-state index is 12.1. The highest BCUT2D eigenvalue weighted by Crippen LogP contribution is 2.55. The Bertz CT molecular complexity index is 1110. The smallest absolute Gasteiger partial charge is 0.229 e. The predicted octanol–water partition coefficient (Wildman–Crippen LogP) is 5.88. The Morgan fingerprint density at radius 2 is 1.67 bits per heavy atom. The number of rotatable bonds is 7. The molecule has 1 fully saturated rings. The molecule has 4 nitrogen and oxygen atoms in total. The summed E-state index contributed by atoms with van der Waals surface area (Å²) in [6.45, 7) is 13.6. The van der Waals surface area contributed by atoms with Crippen molar-refractivity contribution in [2.75, 3.05) is 0 Å². The molecule has 2 aromatic rings. The number of pyridine rings is 1. The minimum absolute atomic E-state index is 0.00395. The third-order valence-corrected chi connectivity index (χ3v) is 7.51. The van der Waals surface area contributed by atoms with Crippen LogP contribution in [-0.2, 0) is 32.4 Å². The van der Waals surface area contributed by atoms with Crippen LogP contribution in [0.25, 0.3) is 0 Å². The van der Waals surface area contributed by atoms with Gasteiger partial charge in [-0.25, -0.2) is 0 Å². The van der Waals surface area contributed by atoms with Crippen LogP contribution in [0.5, 0.6) is 0 Å². The number of fused-ring (bicyclic) bond motifs is 1. The van der Waals surface area contributed by atoms with Crippen molar-refractivity contribution in [2.24, 2.45) is 0 Å². The number of nitrogens with zero attached hydrogens (tertiary/aromatic N) is 2. The van der Waals surface area contributed by atoms with Gasteiger partial charge in [-0.3, -0.25) is 19.5 Å². The summed E-state index contributed by atoms with van der Waals surface area (Å²) in [5.74, 6) is -0.139. The van der Waals surface area contributed by atoms with Gasteiger partial charge >= 0.3 is 0 Å². The van der Waals surface area contributed by atoms with E-state index in [1.54, 1.807) is 0 Å². The lowest BCUT2D eigenvalue weighted by Gasteiger charge is -2.38. The van der Waals surface area contributed by atoms with E-state index in [4.69, 9.17) is 4.98 Å². The highest BCUT2D eigenvalue weighted by molar-refractivity contribution is 5.85. The van der Waals surface area contributed by atoms with Crippen LogP contribution in [0.1, 0.15) is 93.8 Å².